The highest BCUT2D eigenvalue weighted by molar-refractivity contribution is 9.11. The molecule has 2 aromatic carbocycles. The van der Waals surface area contributed by atoms with Crippen LogP contribution in [0.5, 0.6) is 5.75 Å². The SMILES string of the molecule is CC1(C)C(Br)=Cc2cc3cc(O)ccc3cc21. The number of phenols is 1. The molecule has 0 aliphatic heterocycles. The molecule has 17 heavy (non-hydrogen) atoms. The van der Waals surface area contributed by atoms with E-state index < -0.39 is 0 Å². The Morgan fingerprint density at radius 3 is 2.59 bits per heavy atom. The third-order valence-corrected chi connectivity index (χ3v) is 4.77. The predicted molar refractivity (Wildman–Crippen MR) is 75.5 cm³/mol. The minimum Gasteiger partial charge on any atom is -0.508 e. The number of halogens is 1. The quantitative estimate of drug-likeness (QED) is 0.753. The van der Waals surface area contributed by atoms with Crippen molar-refractivity contribution in [3.63, 3.8) is 0 Å². The van der Waals surface area contributed by atoms with Crippen molar-refractivity contribution in [2.24, 2.45) is 0 Å². The van der Waals surface area contributed by atoms with Crippen LogP contribution in [0.3, 0.4) is 0 Å². The van der Waals surface area contributed by atoms with Gasteiger partial charge >= 0.3 is 0 Å². The molecule has 3 rings (SSSR count). The van der Waals surface area contributed by atoms with E-state index in [1.807, 2.05) is 12.1 Å². The molecule has 1 N–H and O–H groups in total. The van der Waals surface area contributed by atoms with Gasteiger partial charge in [0.25, 0.3) is 0 Å². The Bertz CT molecular complexity index is 653. The van der Waals surface area contributed by atoms with Crippen LogP contribution < -0.4 is 0 Å². The lowest BCUT2D eigenvalue weighted by molar-refractivity contribution is 0.476. The summed E-state index contributed by atoms with van der Waals surface area (Å²) in [5.41, 5.74) is 2.61. The molecular weight excluding hydrogens is 276 g/mol. The summed E-state index contributed by atoms with van der Waals surface area (Å²) < 4.78 is 1.21. The van der Waals surface area contributed by atoms with Gasteiger partial charge in [-0.25, -0.2) is 0 Å². The summed E-state index contributed by atoms with van der Waals surface area (Å²) in [6, 6.07) is 9.87. The third-order valence-electron chi connectivity index (χ3n) is 3.54. The summed E-state index contributed by atoms with van der Waals surface area (Å²) in [6.07, 6.45) is 2.17. The second-order valence-corrected chi connectivity index (χ2v) is 5.94. The molecule has 2 aromatic rings. The summed E-state index contributed by atoms with van der Waals surface area (Å²) in [6.45, 7) is 4.43. The minimum atomic E-state index is 0.0431. The summed E-state index contributed by atoms with van der Waals surface area (Å²) in [7, 11) is 0. The van der Waals surface area contributed by atoms with Crippen molar-refractivity contribution < 1.29 is 5.11 Å². The van der Waals surface area contributed by atoms with Crippen molar-refractivity contribution >= 4 is 32.8 Å². The van der Waals surface area contributed by atoms with Crippen LogP contribution in [0.1, 0.15) is 25.0 Å². The van der Waals surface area contributed by atoms with Gasteiger partial charge < -0.3 is 5.11 Å². The number of phenolic OH excluding ortho intramolecular Hbond substituents is 1. The number of hydrogen-bond acceptors (Lipinski definition) is 1. The van der Waals surface area contributed by atoms with E-state index in [9.17, 15) is 5.11 Å². The van der Waals surface area contributed by atoms with Gasteiger partial charge in [-0.05, 0) is 52.2 Å². The van der Waals surface area contributed by atoms with Crippen molar-refractivity contribution in [3.8, 4) is 5.75 Å². The summed E-state index contributed by atoms with van der Waals surface area (Å²) >= 11 is 3.64. The summed E-state index contributed by atoms with van der Waals surface area (Å²) in [5, 5.41) is 11.8. The first kappa shape index (κ1) is 10.8. The fourth-order valence-corrected chi connectivity index (χ4v) is 2.87. The average molecular weight is 289 g/mol. The molecular formula is C15H13BrO. The topological polar surface area (TPSA) is 20.2 Å². The van der Waals surface area contributed by atoms with E-state index in [1.165, 1.54) is 21.0 Å². The van der Waals surface area contributed by atoms with Crippen molar-refractivity contribution in [2.45, 2.75) is 19.3 Å². The van der Waals surface area contributed by atoms with Gasteiger partial charge in [-0.2, -0.15) is 0 Å². The Kier molecular flexibility index (Phi) is 2.14. The Balaban J connectivity index is 2.34. The average Bonchev–Trinajstić information content (AvgIpc) is 2.47. The molecule has 0 unspecified atom stereocenters. The molecule has 0 radical (unpaired) electrons. The second-order valence-electron chi connectivity index (χ2n) is 5.09. The second kappa shape index (κ2) is 3.36. The molecule has 0 bridgehead atoms. The molecule has 0 atom stereocenters. The molecule has 86 valence electrons. The van der Waals surface area contributed by atoms with Gasteiger partial charge in [-0.15, -0.1) is 0 Å². The molecule has 1 nitrogen and oxygen atoms in total. The normalized spacial score (nSPS) is 17.0. The first-order chi connectivity index (χ1) is 7.98. The molecule has 0 aromatic heterocycles. The lowest BCUT2D eigenvalue weighted by atomic mass is 9.86. The number of aromatic hydroxyl groups is 1. The number of rotatable bonds is 0. The Hall–Kier alpha value is -1.28. The monoisotopic (exact) mass is 288 g/mol. The molecule has 0 fully saturated rings. The van der Waals surface area contributed by atoms with Gasteiger partial charge in [0.1, 0.15) is 5.75 Å². The van der Waals surface area contributed by atoms with Crippen molar-refractivity contribution in [1.82, 2.24) is 0 Å². The number of hydrogen-bond donors (Lipinski definition) is 1. The zero-order valence-corrected chi connectivity index (χ0v) is 11.4. The summed E-state index contributed by atoms with van der Waals surface area (Å²) in [4.78, 5) is 0. The van der Waals surface area contributed by atoms with E-state index in [4.69, 9.17) is 0 Å². The zero-order valence-electron chi connectivity index (χ0n) is 9.79. The molecule has 0 saturated carbocycles. The Morgan fingerprint density at radius 1 is 1.06 bits per heavy atom. The molecule has 0 spiro atoms. The van der Waals surface area contributed by atoms with Crippen molar-refractivity contribution in [3.05, 3.63) is 45.9 Å². The van der Waals surface area contributed by atoms with Gasteiger partial charge in [-0.1, -0.05) is 35.8 Å². The number of allylic oxidation sites excluding steroid dienone is 1. The van der Waals surface area contributed by atoms with Gasteiger partial charge in [0.2, 0.25) is 0 Å². The van der Waals surface area contributed by atoms with Crippen LogP contribution in [0.4, 0.5) is 0 Å². The molecule has 0 amide bonds. The van der Waals surface area contributed by atoms with E-state index in [0.717, 1.165) is 5.39 Å². The smallest absolute Gasteiger partial charge is 0.116 e. The Labute approximate surface area is 109 Å². The van der Waals surface area contributed by atoms with E-state index in [-0.39, 0.29) is 5.41 Å². The largest absolute Gasteiger partial charge is 0.508 e. The third kappa shape index (κ3) is 1.51. The van der Waals surface area contributed by atoms with Gasteiger partial charge in [0.15, 0.2) is 0 Å². The van der Waals surface area contributed by atoms with Gasteiger partial charge in [0, 0.05) is 9.90 Å². The zero-order chi connectivity index (χ0) is 12.2. The number of fused-ring (bicyclic) bond motifs is 2. The van der Waals surface area contributed by atoms with Crippen LogP contribution >= 0.6 is 15.9 Å². The van der Waals surface area contributed by atoms with Crippen LogP contribution in [-0.4, -0.2) is 5.11 Å². The predicted octanol–water partition coefficient (Wildman–Crippen LogP) is 4.57. The standard InChI is InChI=1S/C15H13BrO/c1-15(2)13-7-9-3-4-12(17)6-10(9)5-11(13)8-14(15)16/h3-8,17H,1-2H3. The van der Waals surface area contributed by atoms with E-state index >= 15 is 0 Å². The van der Waals surface area contributed by atoms with Crippen LogP contribution in [-0.2, 0) is 5.41 Å². The lowest BCUT2D eigenvalue weighted by Gasteiger charge is -2.21. The van der Waals surface area contributed by atoms with Crippen molar-refractivity contribution in [2.75, 3.05) is 0 Å². The minimum absolute atomic E-state index is 0.0431. The van der Waals surface area contributed by atoms with Crippen molar-refractivity contribution in [1.29, 1.82) is 0 Å². The molecule has 1 aliphatic rings. The first-order valence-corrected chi connectivity index (χ1v) is 6.43. The van der Waals surface area contributed by atoms with Crippen LogP contribution in [0, 0.1) is 0 Å². The van der Waals surface area contributed by atoms with Gasteiger partial charge in [-0.3, -0.25) is 0 Å². The van der Waals surface area contributed by atoms with Crippen LogP contribution in [0.15, 0.2) is 34.8 Å². The first-order valence-electron chi connectivity index (χ1n) is 5.63. The molecule has 2 heteroatoms. The summed E-state index contributed by atoms with van der Waals surface area (Å²) in [5.74, 6) is 0.317. The van der Waals surface area contributed by atoms with Crippen LogP contribution in [0.2, 0.25) is 0 Å². The van der Waals surface area contributed by atoms with Gasteiger partial charge in [0.05, 0.1) is 0 Å². The lowest BCUT2D eigenvalue weighted by Crippen LogP contribution is -2.13. The van der Waals surface area contributed by atoms with E-state index in [0.29, 0.717) is 5.75 Å². The van der Waals surface area contributed by atoms with Crippen LogP contribution in [0.25, 0.3) is 16.8 Å². The maximum absolute atomic E-state index is 9.51. The molecule has 0 heterocycles. The highest BCUT2D eigenvalue weighted by Gasteiger charge is 2.31. The fourth-order valence-electron chi connectivity index (χ4n) is 2.41. The van der Waals surface area contributed by atoms with E-state index in [2.05, 4.69) is 48.0 Å². The fraction of sp³-hybridized carbons (Fsp3) is 0.200. The maximum Gasteiger partial charge on any atom is 0.116 e. The maximum atomic E-state index is 9.51. The highest BCUT2D eigenvalue weighted by atomic mass is 79.9. The highest BCUT2D eigenvalue weighted by Crippen LogP contribution is 2.45. The Morgan fingerprint density at radius 2 is 1.82 bits per heavy atom. The van der Waals surface area contributed by atoms with E-state index in [1.54, 1.807) is 6.07 Å². The molecule has 0 saturated heterocycles. The number of benzene rings is 2. The molecule has 1 aliphatic carbocycles.